The summed E-state index contributed by atoms with van der Waals surface area (Å²) < 4.78 is 0. The summed E-state index contributed by atoms with van der Waals surface area (Å²) in [6.07, 6.45) is 6.21. The summed E-state index contributed by atoms with van der Waals surface area (Å²) in [5.41, 5.74) is 5.71. The Labute approximate surface area is 93.7 Å². The summed E-state index contributed by atoms with van der Waals surface area (Å²) in [5, 5.41) is 4.97. The van der Waals surface area contributed by atoms with Gasteiger partial charge in [-0.05, 0) is 12.5 Å². The van der Waals surface area contributed by atoms with Crippen LogP contribution in [0.2, 0.25) is 0 Å². The summed E-state index contributed by atoms with van der Waals surface area (Å²) in [4.78, 5) is 11.9. The first kappa shape index (κ1) is 11.8. The summed E-state index contributed by atoms with van der Waals surface area (Å²) >= 11 is 1.51. The molecule has 0 aliphatic heterocycles. The van der Waals surface area contributed by atoms with E-state index in [2.05, 4.69) is 11.2 Å². The second kappa shape index (κ2) is 5.54. The first-order chi connectivity index (χ1) is 7.17. The maximum Gasteiger partial charge on any atom is 0.249 e. The predicted octanol–water partition coefficient (Wildman–Crippen LogP) is 1.35. The molecule has 0 aliphatic rings. The van der Waals surface area contributed by atoms with Gasteiger partial charge in [0.25, 0.3) is 0 Å². The zero-order valence-electron chi connectivity index (χ0n) is 8.62. The quantitative estimate of drug-likeness (QED) is 0.739. The lowest BCUT2D eigenvalue weighted by atomic mass is 10.2. The van der Waals surface area contributed by atoms with Crippen LogP contribution in [-0.2, 0) is 6.54 Å². The van der Waals surface area contributed by atoms with Crippen LogP contribution in [-0.4, -0.2) is 11.9 Å². The molecule has 1 rings (SSSR count). The van der Waals surface area contributed by atoms with Gasteiger partial charge in [0, 0.05) is 16.8 Å². The van der Waals surface area contributed by atoms with E-state index in [9.17, 15) is 4.79 Å². The Morgan fingerprint density at radius 1 is 1.80 bits per heavy atom. The maximum atomic E-state index is 10.8. The van der Waals surface area contributed by atoms with Crippen molar-refractivity contribution in [3.8, 4) is 12.3 Å². The van der Waals surface area contributed by atoms with Gasteiger partial charge in [0.05, 0.1) is 11.6 Å². The van der Waals surface area contributed by atoms with Gasteiger partial charge in [0.15, 0.2) is 0 Å². The molecule has 1 atom stereocenters. The van der Waals surface area contributed by atoms with Crippen molar-refractivity contribution in [1.29, 1.82) is 0 Å². The van der Waals surface area contributed by atoms with E-state index in [1.807, 2.05) is 6.92 Å². The van der Waals surface area contributed by atoms with Crippen molar-refractivity contribution in [1.82, 2.24) is 5.32 Å². The molecule has 1 heterocycles. The van der Waals surface area contributed by atoms with E-state index in [1.165, 1.54) is 11.3 Å². The third-order valence-electron chi connectivity index (χ3n) is 2.07. The molecule has 1 amide bonds. The number of hydrogen-bond acceptors (Lipinski definition) is 3. The molecular formula is C11H14N2OS. The van der Waals surface area contributed by atoms with E-state index < -0.39 is 0 Å². The fourth-order valence-corrected chi connectivity index (χ4v) is 1.97. The van der Waals surface area contributed by atoms with Crippen LogP contribution in [0.3, 0.4) is 0 Å². The standard InChI is InChI=1S/C11H14N2OS/c1-3-9(4-2)13-6-10-5-8(7-15-10)11(12)14/h1,5,7,9,13H,4,6H2,2H3,(H2,12,14). The van der Waals surface area contributed by atoms with E-state index in [0.717, 1.165) is 11.3 Å². The van der Waals surface area contributed by atoms with Gasteiger partial charge >= 0.3 is 0 Å². The van der Waals surface area contributed by atoms with Crippen LogP contribution in [0.15, 0.2) is 11.4 Å². The molecule has 0 radical (unpaired) electrons. The number of primary amides is 1. The highest BCUT2D eigenvalue weighted by atomic mass is 32.1. The summed E-state index contributed by atoms with van der Waals surface area (Å²) in [6.45, 7) is 2.71. The molecule has 1 unspecified atom stereocenters. The molecule has 0 saturated heterocycles. The molecule has 80 valence electrons. The predicted molar refractivity (Wildman–Crippen MR) is 62.6 cm³/mol. The third kappa shape index (κ3) is 3.39. The Bertz CT molecular complexity index is 378. The fraction of sp³-hybridized carbons (Fsp3) is 0.364. The first-order valence-electron chi connectivity index (χ1n) is 4.74. The van der Waals surface area contributed by atoms with Gasteiger partial charge in [-0.3, -0.25) is 10.1 Å². The zero-order chi connectivity index (χ0) is 11.3. The number of thiophene rings is 1. The minimum atomic E-state index is -0.388. The van der Waals surface area contributed by atoms with E-state index in [1.54, 1.807) is 11.4 Å². The van der Waals surface area contributed by atoms with Gasteiger partial charge in [0.1, 0.15) is 0 Å². The number of nitrogens with one attached hydrogen (secondary N) is 1. The Hall–Kier alpha value is -1.31. The Morgan fingerprint density at radius 2 is 2.53 bits per heavy atom. The number of amides is 1. The van der Waals surface area contributed by atoms with Gasteiger partial charge in [-0.15, -0.1) is 17.8 Å². The summed E-state index contributed by atoms with van der Waals surface area (Å²) in [5.74, 6) is 2.27. The topological polar surface area (TPSA) is 55.1 Å². The molecule has 3 N–H and O–H groups in total. The molecule has 0 fully saturated rings. The van der Waals surface area contributed by atoms with Crippen LogP contribution in [0.25, 0.3) is 0 Å². The highest BCUT2D eigenvalue weighted by Crippen LogP contribution is 2.14. The lowest BCUT2D eigenvalue weighted by Gasteiger charge is -2.08. The first-order valence-corrected chi connectivity index (χ1v) is 5.62. The normalized spacial score (nSPS) is 12.0. The van der Waals surface area contributed by atoms with E-state index in [-0.39, 0.29) is 11.9 Å². The molecule has 0 aromatic carbocycles. The minimum Gasteiger partial charge on any atom is -0.366 e. The van der Waals surface area contributed by atoms with E-state index in [0.29, 0.717) is 12.1 Å². The average Bonchev–Trinajstić information content (AvgIpc) is 2.68. The lowest BCUT2D eigenvalue weighted by molar-refractivity contribution is 0.100. The van der Waals surface area contributed by atoms with Gasteiger partial charge in [-0.25, -0.2) is 0 Å². The molecular weight excluding hydrogens is 208 g/mol. The monoisotopic (exact) mass is 222 g/mol. The Morgan fingerprint density at radius 3 is 3.00 bits per heavy atom. The molecule has 0 aliphatic carbocycles. The van der Waals surface area contributed by atoms with Crippen LogP contribution >= 0.6 is 11.3 Å². The molecule has 3 nitrogen and oxygen atoms in total. The lowest BCUT2D eigenvalue weighted by Crippen LogP contribution is -2.25. The number of hydrogen-bond donors (Lipinski definition) is 2. The van der Waals surface area contributed by atoms with Gasteiger partial charge in [-0.1, -0.05) is 12.8 Å². The van der Waals surface area contributed by atoms with E-state index >= 15 is 0 Å². The zero-order valence-corrected chi connectivity index (χ0v) is 9.43. The van der Waals surface area contributed by atoms with Crippen LogP contribution in [0.4, 0.5) is 0 Å². The largest absolute Gasteiger partial charge is 0.366 e. The number of carbonyl (C=O) groups excluding carboxylic acids is 1. The Balaban J connectivity index is 2.51. The second-order valence-electron chi connectivity index (χ2n) is 3.17. The molecule has 0 spiro atoms. The van der Waals surface area contributed by atoms with Crippen LogP contribution in [0, 0.1) is 12.3 Å². The highest BCUT2D eigenvalue weighted by Gasteiger charge is 2.06. The molecule has 4 heteroatoms. The van der Waals surface area contributed by atoms with Gasteiger partial charge < -0.3 is 5.73 Å². The van der Waals surface area contributed by atoms with Crippen molar-refractivity contribution in [3.63, 3.8) is 0 Å². The molecule has 1 aromatic rings. The molecule has 0 saturated carbocycles. The average molecular weight is 222 g/mol. The SMILES string of the molecule is C#CC(CC)NCc1cc(C(N)=O)cs1. The van der Waals surface area contributed by atoms with Crippen molar-refractivity contribution in [2.45, 2.75) is 25.9 Å². The number of terminal acetylenes is 1. The summed E-state index contributed by atoms with van der Waals surface area (Å²) in [6, 6.07) is 1.88. The smallest absolute Gasteiger partial charge is 0.249 e. The molecule has 1 aromatic heterocycles. The highest BCUT2D eigenvalue weighted by molar-refractivity contribution is 7.10. The van der Waals surface area contributed by atoms with Crippen LogP contribution < -0.4 is 11.1 Å². The van der Waals surface area contributed by atoms with Crippen molar-refractivity contribution < 1.29 is 4.79 Å². The van der Waals surface area contributed by atoms with Crippen molar-refractivity contribution in [3.05, 3.63) is 21.9 Å². The third-order valence-corrected chi connectivity index (χ3v) is 3.01. The van der Waals surface area contributed by atoms with Crippen LogP contribution in [0.1, 0.15) is 28.6 Å². The van der Waals surface area contributed by atoms with Gasteiger partial charge in [0.2, 0.25) is 5.91 Å². The number of rotatable bonds is 5. The Kier molecular flexibility index (Phi) is 4.35. The van der Waals surface area contributed by atoms with Crippen LogP contribution in [0.5, 0.6) is 0 Å². The number of nitrogens with two attached hydrogens (primary N) is 1. The fourth-order valence-electron chi connectivity index (χ4n) is 1.15. The summed E-state index contributed by atoms with van der Waals surface area (Å²) in [7, 11) is 0. The van der Waals surface area contributed by atoms with Crippen molar-refractivity contribution in [2.75, 3.05) is 0 Å². The maximum absolute atomic E-state index is 10.8. The molecule has 15 heavy (non-hydrogen) atoms. The molecule has 0 bridgehead atoms. The second-order valence-corrected chi connectivity index (χ2v) is 4.17. The van der Waals surface area contributed by atoms with Crippen molar-refractivity contribution in [2.24, 2.45) is 5.73 Å². The van der Waals surface area contributed by atoms with E-state index in [4.69, 9.17) is 12.2 Å². The van der Waals surface area contributed by atoms with Gasteiger partial charge in [-0.2, -0.15) is 0 Å². The number of carbonyl (C=O) groups is 1. The minimum absolute atomic E-state index is 0.0872. The van der Waals surface area contributed by atoms with Crippen molar-refractivity contribution >= 4 is 17.2 Å².